The van der Waals surface area contributed by atoms with Gasteiger partial charge in [0.2, 0.25) is 0 Å². The molecule has 1 N–H and O–H groups in total. The van der Waals surface area contributed by atoms with E-state index in [1.54, 1.807) is 18.1 Å². The van der Waals surface area contributed by atoms with Gasteiger partial charge in [-0.2, -0.15) is 16.3 Å². The summed E-state index contributed by atoms with van der Waals surface area (Å²) in [4.78, 5) is 16.9. The number of benzene rings is 2. The molecule has 0 saturated carbocycles. The molecule has 5 rings (SSSR count). The van der Waals surface area contributed by atoms with Crippen LogP contribution in [-0.2, 0) is 6.42 Å². The Hall–Kier alpha value is -3.19. The zero-order valence-electron chi connectivity index (χ0n) is 15.3. The van der Waals surface area contributed by atoms with Crippen molar-refractivity contribution in [2.45, 2.75) is 6.42 Å². The fourth-order valence-electron chi connectivity index (χ4n) is 3.28. The quantitative estimate of drug-likeness (QED) is 0.489. The van der Waals surface area contributed by atoms with E-state index < -0.39 is 0 Å². The van der Waals surface area contributed by atoms with Gasteiger partial charge in [-0.1, -0.05) is 54.6 Å². The lowest BCUT2D eigenvalue weighted by Crippen LogP contribution is -2.05. The van der Waals surface area contributed by atoms with Gasteiger partial charge in [-0.15, -0.1) is 5.10 Å². The van der Waals surface area contributed by atoms with E-state index in [9.17, 15) is 0 Å². The van der Waals surface area contributed by atoms with Crippen molar-refractivity contribution < 1.29 is 0 Å². The second-order valence-electron chi connectivity index (χ2n) is 6.49. The lowest BCUT2D eigenvalue weighted by Gasteiger charge is -2.02. The Kier molecular flexibility index (Phi) is 4.29. The van der Waals surface area contributed by atoms with Gasteiger partial charge in [-0.3, -0.25) is 0 Å². The van der Waals surface area contributed by atoms with E-state index in [0.29, 0.717) is 11.5 Å². The number of H-pyrrole nitrogens is 1. The van der Waals surface area contributed by atoms with Gasteiger partial charge in [0.15, 0.2) is 17.1 Å². The van der Waals surface area contributed by atoms with Crippen LogP contribution in [0.25, 0.3) is 39.3 Å². The van der Waals surface area contributed by atoms with E-state index in [0.717, 1.165) is 34.7 Å². The van der Waals surface area contributed by atoms with Gasteiger partial charge in [0.05, 0.1) is 6.33 Å². The number of aromatic nitrogens is 6. The lowest BCUT2D eigenvalue weighted by atomic mass is 10.0. The van der Waals surface area contributed by atoms with Gasteiger partial charge >= 0.3 is 0 Å². The van der Waals surface area contributed by atoms with Crippen molar-refractivity contribution in [1.29, 1.82) is 0 Å². The Bertz CT molecular complexity index is 1240. The SMILES string of the molecule is CSCCc1nc2nc[nH]c2c2nc(-c3ccc(-c4ccccc4)cc3)nn12. The molecule has 3 heterocycles. The number of hydrogen-bond acceptors (Lipinski definition) is 5. The molecule has 6 nitrogen and oxygen atoms in total. The number of fused-ring (bicyclic) bond motifs is 3. The molecular weight excluding hydrogens is 368 g/mol. The summed E-state index contributed by atoms with van der Waals surface area (Å²) < 4.78 is 1.84. The summed E-state index contributed by atoms with van der Waals surface area (Å²) in [5.74, 6) is 2.54. The number of thioether (sulfide) groups is 1. The standard InChI is InChI=1S/C21H18N6S/c1-28-12-11-17-24-20-18(22-13-23-20)21-25-19(26-27(17)21)16-9-7-15(8-10-16)14-5-3-2-4-6-14/h2-10,13H,11-12H2,1H3,(H,22,23). The van der Waals surface area contributed by atoms with Crippen molar-refractivity contribution in [2.75, 3.05) is 12.0 Å². The van der Waals surface area contributed by atoms with Crippen LogP contribution in [0.15, 0.2) is 60.9 Å². The summed E-state index contributed by atoms with van der Waals surface area (Å²) in [6, 6.07) is 18.7. The summed E-state index contributed by atoms with van der Waals surface area (Å²) in [5, 5.41) is 4.75. The van der Waals surface area contributed by atoms with E-state index >= 15 is 0 Å². The van der Waals surface area contributed by atoms with Crippen LogP contribution >= 0.6 is 11.8 Å². The second-order valence-corrected chi connectivity index (χ2v) is 7.47. The maximum absolute atomic E-state index is 4.79. The number of aromatic amines is 1. The van der Waals surface area contributed by atoms with E-state index in [-0.39, 0.29) is 0 Å². The first-order valence-electron chi connectivity index (χ1n) is 9.07. The molecule has 28 heavy (non-hydrogen) atoms. The van der Waals surface area contributed by atoms with Crippen LogP contribution in [0.3, 0.4) is 0 Å². The molecule has 7 heteroatoms. The fraction of sp³-hybridized carbons (Fsp3) is 0.143. The number of imidazole rings is 1. The van der Waals surface area contributed by atoms with Crippen LogP contribution in [0.1, 0.15) is 5.82 Å². The summed E-state index contributed by atoms with van der Waals surface area (Å²) in [6.45, 7) is 0. The normalized spacial score (nSPS) is 11.5. The topological polar surface area (TPSA) is 71.8 Å². The molecule has 0 spiro atoms. The van der Waals surface area contributed by atoms with Crippen molar-refractivity contribution in [3.63, 3.8) is 0 Å². The summed E-state index contributed by atoms with van der Waals surface area (Å²) in [7, 11) is 0. The van der Waals surface area contributed by atoms with Crippen LogP contribution in [0.2, 0.25) is 0 Å². The Morgan fingerprint density at radius 2 is 1.68 bits per heavy atom. The van der Waals surface area contributed by atoms with E-state index in [2.05, 4.69) is 57.6 Å². The van der Waals surface area contributed by atoms with Gasteiger partial charge in [0.1, 0.15) is 11.3 Å². The van der Waals surface area contributed by atoms with Crippen molar-refractivity contribution in [1.82, 2.24) is 29.5 Å². The average molecular weight is 386 g/mol. The van der Waals surface area contributed by atoms with Crippen LogP contribution in [0.5, 0.6) is 0 Å². The highest BCUT2D eigenvalue weighted by atomic mass is 32.2. The first-order valence-corrected chi connectivity index (χ1v) is 10.5. The zero-order valence-corrected chi connectivity index (χ0v) is 16.1. The maximum atomic E-state index is 4.79. The number of nitrogens with one attached hydrogen (secondary N) is 1. The molecule has 0 radical (unpaired) electrons. The monoisotopic (exact) mass is 386 g/mol. The molecule has 0 aliphatic carbocycles. The zero-order chi connectivity index (χ0) is 18.9. The summed E-state index contributed by atoms with van der Waals surface area (Å²) >= 11 is 1.79. The first-order chi connectivity index (χ1) is 13.8. The molecule has 0 fully saturated rings. The Morgan fingerprint density at radius 3 is 2.46 bits per heavy atom. The Morgan fingerprint density at radius 1 is 0.929 bits per heavy atom. The third-order valence-corrected chi connectivity index (χ3v) is 5.32. The maximum Gasteiger partial charge on any atom is 0.185 e. The highest BCUT2D eigenvalue weighted by Crippen LogP contribution is 2.25. The third kappa shape index (κ3) is 2.93. The number of aryl methyl sites for hydroxylation is 1. The number of nitrogens with zero attached hydrogens (tertiary/aromatic N) is 5. The number of hydrogen-bond donors (Lipinski definition) is 1. The molecule has 0 saturated heterocycles. The van der Waals surface area contributed by atoms with E-state index in [1.807, 2.05) is 22.7 Å². The molecule has 0 bridgehead atoms. The minimum absolute atomic E-state index is 0.682. The minimum Gasteiger partial charge on any atom is -0.340 e. The van der Waals surface area contributed by atoms with Crippen LogP contribution in [0, 0.1) is 0 Å². The first kappa shape index (κ1) is 16.9. The van der Waals surface area contributed by atoms with Gasteiger partial charge in [-0.05, 0) is 17.4 Å². The molecule has 0 unspecified atom stereocenters. The molecule has 0 aliphatic rings. The average Bonchev–Trinajstić information content (AvgIpc) is 3.39. The summed E-state index contributed by atoms with van der Waals surface area (Å²) in [5.41, 5.74) is 5.60. The second kappa shape index (κ2) is 7.09. The van der Waals surface area contributed by atoms with Crippen molar-refractivity contribution in [3.05, 3.63) is 66.7 Å². The largest absolute Gasteiger partial charge is 0.340 e. The van der Waals surface area contributed by atoms with Crippen LogP contribution < -0.4 is 0 Å². The molecule has 2 aromatic carbocycles. The minimum atomic E-state index is 0.682. The van der Waals surface area contributed by atoms with Crippen molar-refractivity contribution in [3.8, 4) is 22.5 Å². The molecule has 5 aromatic rings. The molecule has 3 aromatic heterocycles. The van der Waals surface area contributed by atoms with Gasteiger partial charge in [0, 0.05) is 17.7 Å². The van der Waals surface area contributed by atoms with E-state index in [4.69, 9.17) is 10.1 Å². The fourth-order valence-corrected chi connectivity index (χ4v) is 3.67. The lowest BCUT2D eigenvalue weighted by molar-refractivity contribution is 0.827. The van der Waals surface area contributed by atoms with Gasteiger partial charge in [0.25, 0.3) is 0 Å². The van der Waals surface area contributed by atoms with Gasteiger partial charge < -0.3 is 4.98 Å². The molecule has 138 valence electrons. The molecular formula is C21H18N6S. The Labute approximate surface area is 166 Å². The predicted molar refractivity (Wildman–Crippen MR) is 113 cm³/mol. The van der Waals surface area contributed by atoms with Crippen molar-refractivity contribution >= 4 is 28.6 Å². The van der Waals surface area contributed by atoms with E-state index in [1.165, 1.54) is 11.1 Å². The molecule has 0 amide bonds. The van der Waals surface area contributed by atoms with Gasteiger partial charge in [-0.25, -0.2) is 15.0 Å². The predicted octanol–water partition coefficient (Wildman–Crippen LogP) is 4.24. The van der Waals surface area contributed by atoms with Crippen LogP contribution in [-0.4, -0.2) is 41.6 Å². The summed E-state index contributed by atoms with van der Waals surface area (Å²) in [6.07, 6.45) is 4.56. The smallest absolute Gasteiger partial charge is 0.185 e. The van der Waals surface area contributed by atoms with Crippen molar-refractivity contribution in [2.24, 2.45) is 0 Å². The molecule has 0 aliphatic heterocycles. The molecule has 0 atom stereocenters. The highest BCUT2D eigenvalue weighted by molar-refractivity contribution is 7.98. The Balaban J connectivity index is 1.59. The third-order valence-electron chi connectivity index (χ3n) is 4.71. The van der Waals surface area contributed by atoms with Crippen LogP contribution in [0.4, 0.5) is 0 Å². The highest BCUT2D eigenvalue weighted by Gasteiger charge is 2.15. The number of rotatable bonds is 5.